The molecule has 0 atom stereocenters. The normalized spacial score (nSPS) is 11.7. The molecule has 0 bridgehead atoms. The Kier molecular flexibility index (Phi) is 5.09. The van der Waals surface area contributed by atoms with E-state index < -0.39 is 5.82 Å². The van der Waals surface area contributed by atoms with E-state index in [9.17, 15) is 4.39 Å². The maximum absolute atomic E-state index is 13.7. The molecule has 100 valence electrons. The Morgan fingerprint density at radius 1 is 1.50 bits per heavy atom. The van der Waals surface area contributed by atoms with Crippen LogP contribution in [0.3, 0.4) is 0 Å². The Balaban J connectivity index is 3.23. The summed E-state index contributed by atoms with van der Waals surface area (Å²) in [5.74, 6) is 0.152. The molecule has 4 nitrogen and oxygen atoms in total. The average molecular weight is 254 g/mol. The zero-order valence-electron chi connectivity index (χ0n) is 11.1. The molecule has 0 radical (unpaired) electrons. The highest BCUT2D eigenvalue weighted by Gasteiger charge is 2.16. The van der Waals surface area contributed by atoms with Gasteiger partial charge in [-0.2, -0.15) is 0 Å². The molecule has 0 heterocycles. The van der Waals surface area contributed by atoms with Gasteiger partial charge in [-0.05, 0) is 33.0 Å². The van der Waals surface area contributed by atoms with Gasteiger partial charge in [-0.1, -0.05) is 5.16 Å². The third-order valence-electron chi connectivity index (χ3n) is 2.96. The maximum Gasteiger partial charge on any atom is 0.132 e. The fourth-order valence-electron chi connectivity index (χ4n) is 1.60. The van der Waals surface area contributed by atoms with Crippen LogP contribution in [0.1, 0.15) is 25.0 Å². The van der Waals surface area contributed by atoms with Crippen LogP contribution in [0.5, 0.6) is 5.75 Å². The summed E-state index contributed by atoms with van der Waals surface area (Å²) in [6, 6.07) is 3.19. The third kappa shape index (κ3) is 3.20. The SMILES string of the molecule is COc1ccc(F)c(/C=N/O)c1CN(C)C(C)C. The van der Waals surface area contributed by atoms with Crippen molar-refractivity contribution in [2.75, 3.05) is 14.2 Å². The highest BCUT2D eigenvalue weighted by Crippen LogP contribution is 2.25. The average Bonchev–Trinajstić information content (AvgIpc) is 2.33. The smallest absolute Gasteiger partial charge is 0.132 e. The summed E-state index contributed by atoms with van der Waals surface area (Å²) in [4.78, 5) is 2.05. The number of hydrogen-bond donors (Lipinski definition) is 1. The summed E-state index contributed by atoms with van der Waals surface area (Å²) < 4.78 is 19.0. The van der Waals surface area contributed by atoms with Gasteiger partial charge in [0.1, 0.15) is 11.6 Å². The molecule has 0 spiro atoms. The van der Waals surface area contributed by atoms with Gasteiger partial charge >= 0.3 is 0 Å². The number of nitrogens with zero attached hydrogens (tertiary/aromatic N) is 2. The third-order valence-corrected chi connectivity index (χ3v) is 2.96. The quantitative estimate of drug-likeness (QED) is 0.499. The van der Waals surface area contributed by atoms with E-state index in [1.165, 1.54) is 13.2 Å². The number of ether oxygens (including phenoxy) is 1. The van der Waals surface area contributed by atoms with Gasteiger partial charge in [-0.25, -0.2) is 4.39 Å². The fraction of sp³-hybridized carbons (Fsp3) is 0.462. The van der Waals surface area contributed by atoms with E-state index in [2.05, 4.69) is 5.16 Å². The lowest BCUT2D eigenvalue weighted by Gasteiger charge is -2.23. The first-order valence-electron chi connectivity index (χ1n) is 5.74. The van der Waals surface area contributed by atoms with Crippen molar-refractivity contribution in [1.82, 2.24) is 4.90 Å². The molecule has 1 rings (SSSR count). The van der Waals surface area contributed by atoms with Crippen LogP contribution in [0.2, 0.25) is 0 Å². The molecular formula is C13H19FN2O2. The van der Waals surface area contributed by atoms with Crippen LogP contribution < -0.4 is 4.74 Å². The molecule has 1 N–H and O–H groups in total. The second kappa shape index (κ2) is 6.35. The van der Waals surface area contributed by atoms with Gasteiger partial charge in [-0.3, -0.25) is 4.90 Å². The van der Waals surface area contributed by atoms with Crippen molar-refractivity contribution < 1.29 is 14.3 Å². The highest BCUT2D eigenvalue weighted by molar-refractivity contribution is 5.82. The lowest BCUT2D eigenvalue weighted by molar-refractivity contribution is 0.260. The number of hydrogen-bond acceptors (Lipinski definition) is 4. The first-order valence-corrected chi connectivity index (χ1v) is 5.74. The van der Waals surface area contributed by atoms with E-state index >= 15 is 0 Å². The summed E-state index contributed by atoms with van der Waals surface area (Å²) in [5.41, 5.74) is 0.927. The van der Waals surface area contributed by atoms with Crippen molar-refractivity contribution in [1.29, 1.82) is 0 Å². The molecule has 1 aromatic carbocycles. The van der Waals surface area contributed by atoms with Crippen molar-refractivity contribution in [2.45, 2.75) is 26.4 Å². The Bertz CT molecular complexity index is 433. The van der Waals surface area contributed by atoms with Crippen LogP contribution in [0.15, 0.2) is 17.3 Å². The molecule has 0 aliphatic heterocycles. The summed E-state index contributed by atoms with van der Waals surface area (Å²) in [7, 11) is 3.47. The molecule has 0 aliphatic carbocycles. The van der Waals surface area contributed by atoms with E-state index in [1.54, 1.807) is 6.07 Å². The van der Waals surface area contributed by atoms with Crippen molar-refractivity contribution in [3.63, 3.8) is 0 Å². The van der Waals surface area contributed by atoms with E-state index in [1.807, 2.05) is 25.8 Å². The van der Waals surface area contributed by atoms with Gasteiger partial charge in [0, 0.05) is 23.7 Å². The number of benzene rings is 1. The second-order valence-corrected chi connectivity index (χ2v) is 4.40. The van der Waals surface area contributed by atoms with E-state index in [4.69, 9.17) is 9.94 Å². The van der Waals surface area contributed by atoms with E-state index in [-0.39, 0.29) is 5.56 Å². The second-order valence-electron chi connectivity index (χ2n) is 4.40. The Morgan fingerprint density at radius 2 is 2.17 bits per heavy atom. The zero-order chi connectivity index (χ0) is 13.7. The zero-order valence-corrected chi connectivity index (χ0v) is 11.1. The predicted octanol–water partition coefficient (Wildman–Crippen LogP) is 2.48. The number of methoxy groups -OCH3 is 1. The Morgan fingerprint density at radius 3 is 2.67 bits per heavy atom. The molecule has 0 saturated heterocycles. The standard InChI is InChI=1S/C13H19FN2O2/c1-9(2)16(3)8-11-10(7-15-17)12(14)5-6-13(11)18-4/h5-7,9,17H,8H2,1-4H3/b15-7+. The molecular weight excluding hydrogens is 235 g/mol. The minimum atomic E-state index is -0.430. The van der Waals surface area contributed by atoms with Crippen LogP contribution in [-0.4, -0.2) is 36.5 Å². The van der Waals surface area contributed by atoms with Gasteiger partial charge in [0.15, 0.2) is 0 Å². The van der Waals surface area contributed by atoms with Crippen molar-refractivity contribution >= 4 is 6.21 Å². The van der Waals surface area contributed by atoms with Gasteiger partial charge in [0.05, 0.1) is 13.3 Å². The van der Waals surface area contributed by atoms with E-state index in [0.717, 1.165) is 6.21 Å². The molecule has 0 fully saturated rings. The highest BCUT2D eigenvalue weighted by atomic mass is 19.1. The molecule has 0 unspecified atom stereocenters. The van der Waals surface area contributed by atoms with Crippen LogP contribution in [-0.2, 0) is 6.54 Å². The number of rotatable bonds is 5. The molecule has 0 amide bonds. The lowest BCUT2D eigenvalue weighted by Crippen LogP contribution is -2.26. The monoisotopic (exact) mass is 254 g/mol. The summed E-state index contributed by atoms with van der Waals surface area (Å²) >= 11 is 0. The summed E-state index contributed by atoms with van der Waals surface area (Å²) in [5, 5.41) is 11.5. The minimum absolute atomic E-state index is 0.254. The number of oxime groups is 1. The van der Waals surface area contributed by atoms with Gasteiger partial charge in [0.2, 0.25) is 0 Å². The van der Waals surface area contributed by atoms with Crippen LogP contribution in [0, 0.1) is 5.82 Å². The Labute approximate surface area is 107 Å². The topological polar surface area (TPSA) is 45.1 Å². The summed E-state index contributed by atoms with van der Waals surface area (Å²) in [6.07, 6.45) is 1.10. The molecule has 1 aromatic rings. The molecule has 0 aromatic heterocycles. The van der Waals surface area contributed by atoms with Gasteiger partial charge < -0.3 is 9.94 Å². The Hall–Kier alpha value is -1.62. The first kappa shape index (κ1) is 14.4. The van der Waals surface area contributed by atoms with Crippen molar-refractivity contribution in [3.05, 3.63) is 29.1 Å². The largest absolute Gasteiger partial charge is 0.496 e. The summed E-state index contributed by atoms with van der Waals surface area (Å²) in [6.45, 7) is 4.61. The van der Waals surface area contributed by atoms with E-state index in [0.29, 0.717) is 23.9 Å². The predicted molar refractivity (Wildman–Crippen MR) is 68.9 cm³/mol. The van der Waals surface area contributed by atoms with Crippen molar-refractivity contribution in [2.24, 2.45) is 5.16 Å². The van der Waals surface area contributed by atoms with Crippen molar-refractivity contribution in [3.8, 4) is 5.75 Å². The minimum Gasteiger partial charge on any atom is -0.496 e. The van der Waals surface area contributed by atoms with Crippen LogP contribution in [0.25, 0.3) is 0 Å². The number of halogens is 1. The van der Waals surface area contributed by atoms with Gasteiger partial charge in [0.25, 0.3) is 0 Å². The van der Waals surface area contributed by atoms with Crippen LogP contribution >= 0.6 is 0 Å². The molecule has 0 saturated carbocycles. The first-order chi connectivity index (χ1) is 8.51. The van der Waals surface area contributed by atoms with Gasteiger partial charge in [-0.15, -0.1) is 0 Å². The molecule has 0 aliphatic rings. The molecule has 5 heteroatoms. The maximum atomic E-state index is 13.7. The fourth-order valence-corrected chi connectivity index (χ4v) is 1.60. The van der Waals surface area contributed by atoms with Crippen LogP contribution in [0.4, 0.5) is 4.39 Å². The molecule has 18 heavy (non-hydrogen) atoms. The lowest BCUT2D eigenvalue weighted by atomic mass is 10.1.